The number of likely N-dealkylation sites (tertiary alicyclic amines) is 1. The quantitative estimate of drug-likeness (QED) is 0.846. The Morgan fingerprint density at radius 3 is 2.89 bits per heavy atom. The van der Waals surface area contributed by atoms with Crippen molar-refractivity contribution < 1.29 is 0 Å². The third-order valence-electron chi connectivity index (χ3n) is 3.73. The summed E-state index contributed by atoms with van der Waals surface area (Å²) >= 11 is 1.97. The van der Waals surface area contributed by atoms with Gasteiger partial charge in [-0.1, -0.05) is 20.8 Å². The van der Waals surface area contributed by atoms with Gasteiger partial charge in [0.25, 0.3) is 0 Å². The van der Waals surface area contributed by atoms with E-state index in [1.54, 1.807) is 0 Å². The van der Waals surface area contributed by atoms with Crippen molar-refractivity contribution in [2.24, 2.45) is 0 Å². The molecule has 1 saturated heterocycles. The maximum atomic E-state index is 3.49. The van der Waals surface area contributed by atoms with Gasteiger partial charge in [-0.25, -0.2) is 0 Å². The molecule has 1 aromatic rings. The van der Waals surface area contributed by atoms with Gasteiger partial charge in [0.15, 0.2) is 0 Å². The van der Waals surface area contributed by atoms with E-state index in [1.807, 2.05) is 11.3 Å². The van der Waals surface area contributed by atoms with Crippen molar-refractivity contribution in [3.63, 3.8) is 0 Å². The molecule has 0 radical (unpaired) electrons. The Kier molecular flexibility index (Phi) is 5.22. The molecule has 0 aliphatic carbocycles. The largest absolute Gasteiger partial charge is 0.310 e. The summed E-state index contributed by atoms with van der Waals surface area (Å²) in [7, 11) is 0. The van der Waals surface area contributed by atoms with Crippen LogP contribution in [0, 0.1) is 0 Å². The molecule has 1 atom stereocenters. The topological polar surface area (TPSA) is 15.3 Å². The molecule has 1 aliphatic rings. The molecule has 0 bridgehead atoms. The highest BCUT2D eigenvalue weighted by atomic mass is 32.1. The molecule has 1 N–H and O–H groups in total. The van der Waals surface area contributed by atoms with Gasteiger partial charge in [0.05, 0.1) is 0 Å². The molecular formula is C15H26N2S. The summed E-state index contributed by atoms with van der Waals surface area (Å²) in [5.41, 5.74) is 0. The van der Waals surface area contributed by atoms with Crippen LogP contribution >= 0.6 is 11.3 Å². The second kappa shape index (κ2) is 6.69. The lowest BCUT2D eigenvalue weighted by Crippen LogP contribution is -2.27. The lowest BCUT2D eigenvalue weighted by Gasteiger charge is -2.22. The number of hydrogen-bond acceptors (Lipinski definition) is 3. The summed E-state index contributed by atoms with van der Waals surface area (Å²) in [6, 6.07) is 5.99. The first kappa shape index (κ1) is 14.0. The molecule has 0 saturated carbocycles. The molecule has 0 amide bonds. The predicted molar refractivity (Wildman–Crippen MR) is 80.0 cm³/mol. The summed E-state index contributed by atoms with van der Waals surface area (Å²) < 4.78 is 0. The van der Waals surface area contributed by atoms with Crippen LogP contribution in [0.15, 0.2) is 12.1 Å². The van der Waals surface area contributed by atoms with Crippen LogP contribution in [0.3, 0.4) is 0 Å². The fourth-order valence-electron chi connectivity index (χ4n) is 2.67. The second-order valence-corrected chi connectivity index (χ2v) is 6.83. The van der Waals surface area contributed by atoms with Crippen LogP contribution in [-0.4, -0.2) is 23.5 Å². The Labute approximate surface area is 115 Å². The first-order valence-corrected chi connectivity index (χ1v) is 8.05. The summed E-state index contributed by atoms with van der Waals surface area (Å²) in [4.78, 5) is 5.65. The van der Waals surface area contributed by atoms with Gasteiger partial charge in [0.2, 0.25) is 0 Å². The maximum Gasteiger partial charge on any atom is 0.0330 e. The van der Waals surface area contributed by atoms with Crippen LogP contribution in [0.5, 0.6) is 0 Å². The minimum absolute atomic E-state index is 0.568. The van der Waals surface area contributed by atoms with Crippen molar-refractivity contribution in [3.8, 4) is 0 Å². The zero-order chi connectivity index (χ0) is 13.0. The average Bonchev–Trinajstić information content (AvgIpc) is 2.96. The van der Waals surface area contributed by atoms with Crippen LogP contribution < -0.4 is 5.32 Å². The van der Waals surface area contributed by atoms with Crippen molar-refractivity contribution in [2.75, 3.05) is 6.54 Å². The van der Waals surface area contributed by atoms with Crippen LogP contribution in [0.1, 0.15) is 49.8 Å². The van der Waals surface area contributed by atoms with Crippen molar-refractivity contribution in [3.05, 3.63) is 21.9 Å². The van der Waals surface area contributed by atoms with E-state index in [0.29, 0.717) is 6.04 Å². The molecule has 3 heteroatoms. The zero-order valence-corrected chi connectivity index (χ0v) is 12.7. The monoisotopic (exact) mass is 266 g/mol. The van der Waals surface area contributed by atoms with Crippen LogP contribution in [0.2, 0.25) is 0 Å². The molecule has 1 fully saturated rings. The molecule has 2 nitrogen and oxygen atoms in total. The van der Waals surface area contributed by atoms with Gasteiger partial charge in [0.1, 0.15) is 0 Å². The third kappa shape index (κ3) is 3.81. The fourth-order valence-corrected chi connectivity index (χ4v) is 3.67. The van der Waals surface area contributed by atoms with Crippen LogP contribution in [0.4, 0.5) is 0 Å². The van der Waals surface area contributed by atoms with E-state index in [1.165, 1.54) is 35.6 Å². The number of rotatable bonds is 6. The van der Waals surface area contributed by atoms with Crippen LogP contribution in [0.25, 0.3) is 0 Å². The Balaban J connectivity index is 1.86. The molecule has 18 heavy (non-hydrogen) atoms. The molecule has 1 unspecified atom stereocenters. The Bertz CT molecular complexity index is 359. The third-order valence-corrected chi connectivity index (χ3v) is 4.80. The summed E-state index contributed by atoms with van der Waals surface area (Å²) in [6.45, 7) is 10.2. The number of thiophene rings is 1. The van der Waals surface area contributed by atoms with Crippen molar-refractivity contribution >= 4 is 11.3 Å². The predicted octanol–water partition coefficient (Wildman–Crippen LogP) is 3.62. The van der Waals surface area contributed by atoms with E-state index in [4.69, 9.17) is 0 Å². The SMILES string of the molecule is CCC1CCCN1Cc1ccc(CNC(C)C)s1. The highest BCUT2D eigenvalue weighted by Crippen LogP contribution is 2.25. The summed E-state index contributed by atoms with van der Waals surface area (Å²) in [6.07, 6.45) is 4.07. The first-order chi connectivity index (χ1) is 8.69. The first-order valence-electron chi connectivity index (χ1n) is 7.24. The maximum absolute atomic E-state index is 3.49. The highest BCUT2D eigenvalue weighted by molar-refractivity contribution is 7.11. The van der Waals surface area contributed by atoms with Crippen molar-refractivity contribution in [2.45, 2.75) is 65.2 Å². The average molecular weight is 266 g/mol. The molecule has 1 aliphatic heterocycles. The molecule has 1 aromatic heterocycles. The normalized spacial score (nSPS) is 21.0. The lowest BCUT2D eigenvalue weighted by atomic mass is 10.2. The molecule has 2 heterocycles. The highest BCUT2D eigenvalue weighted by Gasteiger charge is 2.22. The van der Waals surface area contributed by atoms with Crippen molar-refractivity contribution in [1.29, 1.82) is 0 Å². The van der Waals surface area contributed by atoms with E-state index in [-0.39, 0.29) is 0 Å². The van der Waals surface area contributed by atoms with E-state index < -0.39 is 0 Å². The van der Waals surface area contributed by atoms with Gasteiger partial charge in [0, 0.05) is 34.9 Å². The molecular weight excluding hydrogens is 240 g/mol. The standard InChI is InChI=1S/C15H26N2S/c1-4-13-6-5-9-17(13)11-15-8-7-14(18-15)10-16-12(2)3/h7-8,12-13,16H,4-6,9-11H2,1-3H3. The van der Waals surface area contributed by atoms with Gasteiger partial charge in [-0.2, -0.15) is 0 Å². The molecule has 0 spiro atoms. The van der Waals surface area contributed by atoms with Gasteiger partial charge >= 0.3 is 0 Å². The zero-order valence-electron chi connectivity index (χ0n) is 11.9. The summed E-state index contributed by atoms with van der Waals surface area (Å²) in [5.74, 6) is 0. The summed E-state index contributed by atoms with van der Waals surface area (Å²) in [5, 5.41) is 3.49. The Morgan fingerprint density at radius 1 is 1.39 bits per heavy atom. The van der Waals surface area contributed by atoms with E-state index in [2.05, 4.69) is 43.1 Å². The smallest absolute Gasteiger partial charge is 0.0330 e. The minimum atomic E-state index is 0.568. The van der Waals surface area contributed by atoms with E-state index >= 15 is 0 Å². The Morgan fingerprint density at radius 2 is 2.17 bits per heavy atom. The Hall–Kier alpha value is -0.380. The van der Waals surface area contributed by atoms with E-state index in [0.717, 1.165) is 19.1 Å². The minimum Gasteiger partial charge on any atom is -0.310 e. The van der Waals surface area contributed by atoms with E-state index in [9.17, 15) is 0 Å². The lowest BCUT2D eigenvalue weighted by molar-refractivity contribution is 0.242. The fraction of sp³-hybridized carbons (Fsp3) is 0.733. The molecule has 102 valence electrons. The second-order valence-electron chi connectivity index (χ2n) is 5.58. The van der Waals surface area contributed by atoms with Gasteiger partial charge in [-0.3, -0.25) is 4.90 Å². The van der Waals surface area contributed by atoms with Crippen molar-refractivity contribution in [1.82, 2.24) is 10.2 Å². The number of nitrogens with one attached hydrogen (secondary N) is 1. The van der Waals surface area contributed by atoms with Gasteiger partial charge in [-0.15, -0.1) is 11.3 Å². The molecule has 2 rings (SSSR count). The number of hydrogen-bond donors (Lipinski definition) is 1. The van der Waals surface area contributed by atoms with Gasteiger partial charge < -0.3 is 5.32 Å². The molecule has 0 aromatic carbocycles. The van der Waals surface area contributed by atoms with Crippen LogP contribution in [-0.2, 0) is 13.1 Å². The van der Waals surface area contributed by atoms with Gasteiger partial charge in [-0.05, 0) is 37.9 Å². The number of nitrogens with zero attached hydrogens (tertiary/aromatic N) is 1.